The maximum Gasteiger partial charge on any atom is 0.410 e. The Morgan fingerprint density at radius 3 is 2.19 bits per heavy atom. The Labute approximate surface area is 158 Å². The van der Waals surface area contributed by atoms with E-state index in [1.165, 1.54) is 7.05 Å². The van der Waals surface area contributed by atoms with Crippen LogP contribution in [0.5, 0.6) is 0 Å². The Hall–Kier alpha value is -2.86. The predicted molar refractivity (Wildman–Crippen MR) is 103 cm³/mol. The molecule has 0 aromatic heterocycles. The summed E-state index contributed by atoms with van der Waals surface area (Å²) in [5.74, 6) is -1.11. The number of rotatable bonds is 7. The molecule has 1 amide bonds. The van der Waals surface area contributed by atoms with Crippen LogP contribution in [-0.4, -0.2) is 48.3 Å². The third-order valence-corrected chi connectivity index (χ3v) is 5.06. The standard InChI is InChI=1S/C21H24N2O4/c1-23(19(20(24)25)11-6-12-22)21(26)27-13-18-16-9-4-2-7-14(16)15-8-3-5-10-17(15)18/h2-5,7-10,18-19H,6,11-13,22H2,1H3,(H,24,25)/t19-/m0/s1. The first-order valence-corrected chi connectivity index (χ1v) is 9.05. The molecule has 0 radical (unpaired) electrons. The number of benzene rings is 2. The molecule has 6 heteroatoms. The maximum absolute atomic E-state index is 12.4. The Bertz CT molecular complexity index is 791. The molecule has 1 atom stereocenters. The summed E-state index contributed by atoms with van der Waals surface area (Å²) in [5.41, 5.74) is 9.99. The molecular weight excluding hydrogens is 344 g/mol. The van der Waals surface area contributed by atoms with Crippen molar-refractivity contribution in [1.29, 1.82) is 0 Å². The lowest BCUT2D eigenvalue weighted by Crippen LogP contribution is -2.43. The van der Waals surface area contributed by atoms with E-state index in [2.05, 4.69) is 12.1 Å². The van der Waals surface area contributed by atoms with Crippen LogP contribution >= 0.6 is 0 Å². The third kappa shape index (κ3) is 3.80. The van der Waals surface area contributed by atoms with Crippen LogP contribution in [0.2, 0.25) is 0 Å². The summed E-state index contributed by atoms with van der Waals surface area (Å²) >= 11 is 0. The normalized spacial score (nSPS) is 13.6. The van der Waals surface area contributed by atoms with Gasteiger partial charge in [-0.3, -0.25) is 4.90 Å². The minimum Gasteiger partial charge on any atom is -0.480 e. The maximum atomic E-state index is 12.4. The number of carbonyl (C=O) groups is 2. The van der Waals surface area contributed by atoms with Gasteiger partial charge in [0.1, 0.15) is 12.6 Å². The number of aliphatic carboxylic acids is 1. The topological polar surface area (TPSA) is 92.9 Å². The second kappa shape index (κ2) is 8.22. The molecule has 0 saturated carbocycles. The molecule has 0 saturated heterocycles. The van der Waals surface area contributed by atoms with E-state index in [0.717, 1.165) is 27.2 Å². The SMILES string of the molecule is CN(C(=O)OCC1c2ccccc2-c2ccccc21)[C@@H](CCCN)C(=O)O. The first-order valence-electron chi connectivity index (χ1n) is 9.05. The highest BCUT2D eigenvalue weighted by molar-refractivity contribution is 5.81. The van der Waals surface area contributed by atoms with Crippen molar-refractivity contribution in [3.05, 3.63) is 59.7 Å². The van der Waals surface area contributed by atoms with Crippen molar-refractivity contribution in [2.45, 2.75) is 24.8 Å². The fourth-order valence-corrected chi connectivity index (χ4v) is 3.62. The highest BCUT2D eigenvalue weighted by Gasteiger charge is 2.31. The summed E-state index contributed by atoms with van der Waals surface area (Å²) in [6, 6.07) is 15.2. The van der Waals surface area contributed by atoms with Gasteiger partial charge in [0.2, 0.25) is 0 Å². The lowest BCUT2D eigenvalue weighted by molar-refractivity contribution is -0.142. The van der Waals surface area contributed by atoms with Crippen molar-refractivity contribution in [2.24, 2.45) is 5.73 Å². The second-order valence-electron chi connectivity index (χ2n) is 6.70. The Balaban J connectivity index is 1.73. The summed E-state index contributed by atoms with van der Waals surface area (Å²) < 4.78 is 5.50. The van der Waals surface area contributed by atoms with Gasteiger partial charge in [0.15, 0.2) is 0 Å². The van der Waals surface area contributed by atoms with Crippen LogP contribution in [0, 0.1) is 0 Å². The first kappa shape index (κ1) is 18.9. The molecule has 0 spiro atoms. The molecule has 1 aliphatic carbocycles. The summed E-state index contributed by atoms with van der Waals surface area (Å²) in [6.07, 6.45) is 0.186. The average Bonchev–Trinajstić information content (AvgIpc) is 3.00. The highest BCUT2D eigenvalue weighted by Crippen LogP contribution is 2.44. The summed E-state index contributed by atoms with van der Waals surface area (Å²) in [7, 11) is 1.45. The quantitative estimate of drug-likeness (QED) is 0.783. The highest BCUT2D eigenvalue weighted by atomic mass is 16.6. The van der Waals surface area contributed by atoms with Crippen molar-refractivity contribution >= 4 is 12.1 Å². The number of carboxylic acids is 1. The molecule has 2 aromatic carbocycles. The molecular formula is C21H24N2O4. The van der Waals surface area contributed by atoms with Crippen molar-refractivity contribution in [1.82, 2.24) is 4.90 Å². The van der Waals surface area contributed by atoms with Gasteiger partial charge in [0.25, 0.3) is 0 Å². The largest absolute Gasteiger partial charge is 0.480 e. The van der Waals surface area contributed by atoms with Crippen LogP contribution in [0.1, 0.15) is 29.9 Å². The van der Waals surface area contributed by atoms with E-state index < -0.39 is 18.1 Å². The number of nitrogens with zero attached hydrogens (tertiary/aromatic N) is 1. The molecule has 3 N–H and O–H groups in total. The number of likely N-dealkylation sites (N-methyl/N-ethyl adjacent to an activating group) is 1. The van der Waals surface area contributed by atoms with Gasteiger partial charge in [-0.25, -0.2) is 9.59 Å². The minimum absolute atomic E-state index is 0.0536. The molecule has 1 aliphatic rings. The lowest BCUT2D eigenvalue weighted by atomic mass is 9.98. The molecule has 0 fully saturated rings. The number of carboxylic acid groups (broad SMARTS) is 1. The Kier molecular flexibility index (Phi) is 5.76. The van der Waals surface area contributed by atoms with E-state index in [1.807, 2.05) is 36.4 Å². The molecule has 6 nitrogen and oxygen atoms in total. The number of amides is 1. The minimum atomic E-state index is -1.06. The molecule has 0 bridgehead atoms. The number of carbonyl (C=O) groups excluding carboxylic acids is 1. The number of ether oxygens (including phenoxy) is 1. The lowest BCUT2D eigenvalue weighted by Gasteiger charge is -2.25. The molecule has 0 heterocycles. The third-order valence-electron chi connectivity index (χ3n) is 5.06. The van der Waals surface area contributed by atoms with Crippen LogP contribution in [0.15, 0.2) is 48.5 Å². The molecule has 0 unspecified atom stereocenters. The summed E-state index contributed by atoms with van der Waals surface area (Å²) in [6.45, 7) is 0.544. The van der Waals surface area contributed by atoms with Gasteiger partial charge < -0.3 is 15.6 Å². The zero-order valence-electron chi connectivity index (χ0n) is 15.3. The van der Waals surface area contributed by atoms with Gasteiger partial charge >= 0.3 is 12.1 Å². The van der Waals surface area contributed by atoms with Crippen molar-refractivity contribution in [2.75, 3.05) is 20.2 Å². The van der Waals surface area contributed by atoms with E-state index in [9.17, 15) is 14.7 Å². The summed E-state index contributed by atoms with van der Waals surface area (Å²) in [5, 5.41) is 9.37. The van der Waals surface area contributed by atoms with E-state index in [4.69, 9.17) is 10.5 Å². The molecule has 142 valence electrons. The van der Waals surface area contributed by atoms with E-state index in [0.29, 0.717) is 19.4 Å². The van der Waals surface area contributed by atoms with Crippen molar-refractivity contribution in [3.63, 3.8) is 0 Å². The van der Waals surface area contributed by atoms with Crippen molar-refractivity contribution in [3.8, 4) is 11.1 Å². The number of hydrogen-bond donors (Lipinski definition) is 2. The monoisotopic (exact) mass is 368 g/mol. The summed E-state index contributed by atoms with van der Waals surface area (Å²) in [4.78, 5) is 25.0. The van der Waals surface area contributed by atoms with Gasteiger partial charge in [0, 0.05) is 13.0 Å². The number of hydrogen-bond acceptors (Lipinski definition) is 4. The average molecular weight is 368 g/mol. The molecule has 0 aliphatic heterocycles. The second-order valence-corrected chi connectivity index (χ2v) is 6.70. The fourth-order valence-electron chi connectivity index (χ4n) is 3.62. The zero-order valence-corrected chi connectivity index (χ0v) is 15.3. The Morgan fingerprint density at radius 2 is 1.67 bits per heavy atom. The van der Waals surface area contributed by atoms with Crippen LogP contribution in [0.4, 0.5) is 4.79 Å². The van der Waals surface area contributed by atoms with Crippen LogP contribution in [0.3, 0.4) is 0 Å². The van der Waals surface area contributed by atoms with E-state index in [-0.39, 0.29) is 12.5 Å². The smallest absolute Gasteiger partial charge is 0.410 e. The van der Waals surface area contributed by atoms with Crippen LogP contribution in [0.25, 0.3) is 11.1 Å². The van der Waals surface area contributed by atoms with E-state index in [1.54, 1.807) is 0 Å². The van der Waals surface area contributed by atoms with Gasteiger partial charge in [-0.15, -0.1) is 0 Å². The fraction of sp³-hybridized carbons (Fsp3) is 0.333. The van der Waals surface area contributed by atoms with Crippen LogP contribution < -0.4 is 5.73 Å². The van der Waals surface area contributed by atoms with Gasteiger partial charge in [-0.2, -0.15) is 0 Å². The van der Waals surface area contributed by atoms with Crippen molar-refractivity contribution < 1.29 is 19.4 Å². The zero-order chi connectivity index (χ0) is 19.4. The van der Waals surface area contributed by atoms with Crippen LogP contribution in [-0.2, 0) is 9.53 Å². The molecule has 2 aromatic rings. The van der Waals surface area contributed by atoms with Gasteiger partial charge in [-0.05, 0) is 41.6 Å². The number of fused-ring (bicyclic) bond motifs is 3. The van der Waals surface area contributed by atoms with E-state index >= 15 is 0 Å². The molecule has 3 rings (SSSR count). The van der Waals surface area contributed by atoms with Gasteiger partial charge in [0.05, 0.1) is 0 Å². The van der Waals surface area contributed by atoms with Gasteiger partial charge in [-0.1, -0.05) is 48.5 Å². The number of nitrogens with two attached hydrogens (primary N) is 1. The Morgan fingerprint density at radius 1 is 1.11 bits per heavy atom. The predicted octanol–water partition coefficient (Wildman–Crippen LogP) is 3.06. The first-order chi connectivity index (χ1) is 13.0. The molecule has 27 heavy (non-hydrogen) atoms.